The van der Waals surface area contributed by atoms with Crippen molar-refractivity contribution in [1.29, 1.82) is 0 Å². The first-order valence-electron chi connectivity index (χ1n) is 5.83. The number of hydrogen-bond acceptors (Lipinski definition) is 5. The monoisotopic (exact) mass is 320 g/mol. The van der Waals surface area contributed by atoms with Crippen molar-refractivity contribution >= 4 is 33.2 Å². The van der Waals surface area contributed by atoms with Gasteiger partial charge in [0, 0.05) is 32.2 Å². The Bertz CT molecular complexity index is 616. The van der Waals surface area contributed by atoms with E-state index >= 15 is 0 Å². The van der Waals surface area contributed by atoms with Crippen LogP contribution in [0.4, 0.5) is 11.4 Å². The lowest BCUT2D eigenvalue weighted by atomic mass is 10.3. The predicted molar refractivity (Wildman–Crippen MR) is 75.1 cm³/mol. The largest absolute Gasteiger partial charge is 0.314 e. The third kappa shape index (κ3) is 3.37. The standard InChI is InChI=1S/C10H13ClN4O4S/c11-9-7-8(1-2-10(9)15(16)17)13-20(18,19)14-5-3-12-4-6-14/h1-2,7,12-13H,3-6H2. The van der Waals surface area contributed by atoms with Crippen LogP contribution in [0.5, 0.6) is 0 Å². The molecule has 0 atom stereocenters. The zero-order valence-electron chi connectivity index (χ0n) is 10.4. The molecule has 1 aliphatic heterocycles. The van der Waals surface area contributed by atoms with Gasteiger partial charge in [-0.05, 0) is 12.1 Å². The molecule has 2 N–H and O–H groups in total. The highest BCUT2D eigenvalue weighted by atomic mass is 35.5. The number of nitrogens with one attached hydrogen (secondary N) is 2. The summed E-state index contributed by atoms with van der Waals surface area (Å²) >= 11 is 5.74. The van der Waals surface area contributed by atoms with Crippen LogP contribution in [0.3, 0.4) is 0 Å². The van der Waals surface area contributed by atoms with E-state index in [-0.39, 0.29) is 16.4 Å². The second-order valence-electron chi connectivity index (χ2n) is 4.18. The third-order valence-corrected chi connectivity index (χ3v) is 4.65. The molecule has 20 heavy (non-hydrogen) atoms. The molecule has 110 valence electrons. The maximum Gasteiger partial charge on any atom is 0.301 e. The zero-order chi connectivity index (χ0) is 14.8. The number of piperazine rings is 1. The molecule has 0 spiro atoms. The average Bonchev–Trinajstić information content (AvgIpc) is 2.39. The molecule has 1 aliphatic rings. The van der Waals surface area contributed by atoms with Crippen molar-refractivity contribution in [3.63, 3.8) is 0 Å². The Labute approximate surface area is 121 Å². The Kier molecular flexibility index (Phi) is 4.43. The first kappa shape index (κ1) is 15.0. The molecule has 1 aromatic carbocycles. The van der Waals surface area contributed by atoms with Crippen LogP contribution < -0.4 is 10.0 Å². The van der Waals surface area contributed by atoms with Crippen LogP contribution in [0.25, 0.3) is 0 Å². The third-order valence-electron chi connectivity index (χ3n) is 2.81. The summed E-state index contributed by atoms with van der Waals surface area (Å²) < 4.78 is 27.9. The van der Waals surface area contributed by atoms with Gasteiger partial charge in [-0.3, -0.25) is 14.8 Å². The molecule has 0 unspecified atom stereocenters. The first-order chi connectivity index (χ1) is 9.40. The molecule has 0 amide bonds. The minimum absolute atomic E-state index is 0.115. The Balaban J connectivity index is 2.17. The molecule has 0 saturated carbocycles. The van der Waals surface area contributed by atoms with E-state index in [1.165, 1.54) is 16.4 Å². The summed E-state index contributed by atoms with van der Waals surface area (Å²) in [7, 11) is -3.67. The predicted octanol–water partition coefficient (Wildman–Crippen LogP) is 0.810. The summed E-state index contributed by atoms with van der Waals surface area (Å²) in [5, 5.41) is 13.6. The number of anilines is 1. The van der Waals surface area contributed by atoms with E-state index in [1.54, 1.807) is 0 Å². The second-order valence-corrected chi connectivity index (χ2v) is 6.26. The molecule has 0 radical (unpaired) electrons. The van der Waals surface area contributed by atoms with Crippen LogP contribution in [0, 0.1) is 10.1 Å². The maximum absolute atomic E-state index is 12.1. The zero-order valence-corrected chi connectivity index (χ0v) is 11.9. The van der Waals surface area contributed by atoms with Gasteiger partial charge in [0.05, 0.1) is 10.6 Å². The van der Waals surface area contributed by atoms with E-state index in [9.17, 15) is 18.5 Å². The van der Waals surface area contributed by atoms with Crippen molar-refractivity contribution in [3.8, 4) is 0 Å². The van der Waals surface area contributed by atoms with Gasteiger partial charge < -0.3 is 5.32 Å². The van der Waals surface area contributed by atoms with E-state index in [0.717, 1.165) is 6.07 Å². The summed E-state index contributed by atoms with van der Waals surface area (Å²) in [6.07, 6.45) is 0. The Morgan fingerprint density at radius 2 is 2.00 bits per heavy atom. The van der Waals surface area contributed by atoms with Gasteiger partial charge in [0.15, 0.2) is 0 Å². The fourth-order valence-corrected chi connectivity index (χ4v) is 3.28. The van der Waals surface area contributed by atoms with Crippen LogP contribution in [0.15, 0.2) is 18.2 Å². The maximum atomic E-state index is 12.1. The van der Waals surface area contributed by atoms with E-state index in [4.69, 9.17) is 11.6 Å². The van der Waals surface area contributed by atoms with Gasteiger partial charge in [-0.2, -0.15) is 12.7 Å². The summed E-state index contributed by atoms with van der Waals surface area (Å²) in [5.74, 6) is 0. The Morgan fingerprint density at radius 3 is 2.55 bits per heavy atom. The van der Waals surface area contributed by atoms with E-state index < -0.39 is 15.1 Å². The highest BCUT2D eigenvalue weighted by Crippen LogP contribution is 2.27. The fraction of sp³-hybridized carbons (Fsp3) is 0.400. The van der Waals surface area contributed by atoms with Crippen molar-refractivity contribution in [2.75, 3.05) is 30.9 Å². The average molecular weight is 321 g/mol. The molecule has 1 fully saturated rings. The van der Waals surface area contributed by atoms with Gasteiger partial charge in [0.25, 0.3) is 5.69 Å². The van der Waals surface area contributed by atoms with Gasteiger partial charge in [-0.25, -0.2) is 0 Å². The van der Waals surface area contributed by atoms with Crippen LogP contribution in [-0.4, -0.2) is 43.8 Å². The highest BCUT2D eigenvalue weighted by molar-refractivity contribution is 7.90. The number of nitro groups is 1. The van der Waals surface area contributed by atoms with E-state index in [2.05, 4.69) is 10.0 Å². The van der Waals surface area contributed by atoms with Gasteiger partial charge in [-0.1, -0.05) is 11.6 Å². The number of halogens is 1. The van der Waals surface area contributed by atoms with Gasteiger partial charge in [0.1, 0.15) is 5.02 Å². The van der Waals surface area contributed by atoms with Crippen molar-refractivity contribution in [1.82, 2.24) is 9.62 Å². The number of nitro benzene ring substituents is 1. The molecular weight excluding hydrogens is 308 g/mol. The molecule has 1 heterocycles. The number of rotatable bonds is 4. The molecule has 0 bridgehead atoms. The number of hydrogen-bond donors (Lipinski definition) is 2. The molecule has 2 rings (SSSR count). The van der Waals surface area contributed by atoms with Crippen molar-refractivity contribution < 1.29 is 13.3 Å². The second kappa shape index (κ2) is 5.92. The quantitative estimate of drug-likeness (QED) is 0.631. The molecule has 1 saturated heterocycles. The number of benzene rings is 1. The summed E-state index contributed by atoms with van der Waals surface area (Å²) in [6.45, 7) is 1.91. The van der Waals surface area contributed by atoms with Gasteiger partial charge in [-0.15, -0.1) is 0 Å². The lowest BCUT2D eigenvalue weighted by molar-refractivity contribution is -0.384. The molecule has 10 heteroatoms. The van der Waals surface area contributed by atoms with E-state index in [0.29, 0.717) is 26.2 Å². The molecule has 1 aromatic rings. The summed E-state index contributed by atoms with van der Waals surface area (Å²) in [4.78, 5) is 10.0. The minimum Gasteiger partial charge on any atom is -0.314 e. The molecular formula is C10H13ClN4O4S. The van der Waals surface area contributed by atoms with Crippen molar-refractivity contribution in [2.45, 2.75) is 0 Å². The molecule has 0 aliphatic carbocycles. The lowest BCUT2D eigenvalue weighted by Crippen LogP contribution is -2.48. The lowest BCUT2D eigenvalue weighted by Gasteiger charge is -2.26. The van der Waals surface area contributed by atoms with Gasteiger partial charge in [0.2, 0.25) is 0 Å². The summed E-state index contributed by atoms with van der Waals surface area (Å²) in [5.41, 5.74) is -0.0732. The molecule has 0 aromatic heterocycles. The Hall–Kier alpha value is -1.42. The fourth-order valence-electron chi connectivity index (χ4n) is 1.82. The smallest absolute Gasteiger partial charge is 0.301 e. The Morgan fingerprint density at radius 1 is 1.35 bits per heavy atom. The van der Waals surface area contributed by atoms with Crippen molar-refractivity contribution in [3.05, 3.63) is 33.3 Å². The van der Waals surface area contributed by atoms with Crippen LogP contribution in [-0.2, 0) is 10.2 Å². The highest BCUT2D eigenvalue weighted by Gasteiger charge is 2.24. The van der Waals surface area contributed by atoms with Gasteiger partial charge >= 0.3 is 10.2 Å². The van der Waals surface area contributed by atoms with Crippen LogP contribution in [0.1, 0.15) is 0 Å². The van der Waals surface area contributed by atoms with Crippen LogP contribution >= 0.6 is 11.6 Å². The van der Waals surface area contributed by atoms with Crippen LogP contribution in [0.2, 0.25) is 5.02 Å². The molecule has 8 nitrogen and oxygen atoms in total. The van der Waals surface area contributed by atoms with Crippen molar-refractivity contribution in [2.24, 2.45) is 0 Å². The topological polar surface area (TPSA) is 105 Å². The normalized spacial score (nSPS) is 16.9. The van der Waals surface area contributed by atoms with E-state index in [1.807, 2.05) is 0 Å². The minimum atomic E-state index is -3.67. The first-order valence-corrected chi connectivity index (χ1v) is 7.64. The number of nitrogens with zero attached hydrogens (tertiary/aromatic N) is 2. The summed E-state index contributed by atoms with van der Waals surface area (Å²) in [6, 6.07) is 3.70. The SMILES string of the molecule is O=[N+]([O-])c1ccc(NS(=O)(=O)N2CCNCC2)cc1Cl.